The lowest BCUT2D eigenvalue weighted by Gasteiger charge is -2.46. The van der Waals surface area contributed by atoms with E-state index in [0.29, 0.717) is 42.7 Å². The van der Waals surface area contributed by atoms with E-state index in [1.165, 1.54) is 0 Å². The molecule has 0 saturated carbocycles. The van der Waals surface area contributed by atoms with E-state index in [9.17, 15) is 9.90 Å². The first-order valence-corrected chi connectivity index (χ1v) is 13.6. The van der Waals surface area contributed by atoms with Crippen molar-refractivity contribution in [3.8, 4) is 5.75 Å². The molecule has 1 fully saturated rings. The lowest BCUT2D eigenvalue weighted by atomic mass is 10.0. The first-order chi connectivity index (χ1) is 19.1. The lowest BCUT2D eigenvalue weighted by molar-refractivity contribution is 0.0270. The van der Waals surface area contributed by atoms with Crippen molar-refractivity contribution in [2.45, 2.75) is 38.8 Å². The number of carbonyl (C=O) groups excluding carboxylic acids is 1. The Morgan fingerprint density at radius 1 is 1.18 bits per heavy atom. The molecular weight excluding hydrogens is 508 g/mol. The van der Waals surface area contributed by atoms with Crippen LogP contribution in [0.15, 0.2) is 60.3 Å². The third-order valence-corrected chi connectivity index (χ3v) is 7.26. The average Bonchev–Trinajstić information content (AvgIpc) is 2.94. The number of amides is 1. The number of phenols is 1. The van der Waals surface area contributed by atoms with E-state index >= 15 is 0 Å². The number of nitrogens with two attached hydrogens (primary N) is 2. The first-order valence-electron chi connectivity index (χ1n) is 13.6. The molecule has 5 rings (SSSR count). The van der Waals surface area contributed by atoms with E-state index in [1.807, 2.05) is 51.4 Å². The predicted octanol–water partition coefficient (Wildman–Crippen LogP) is 2.43. The van der Waals surface area contributed by atoms with Crippen LogP contribution in [0.3, 0.4) is 0 Å². The molecule has 4 heterocycles. The summed E-state index contributed by atoms with van der Waals surface area (Å²) in [6, 6.07) is 7.14. The maximum absolute atomic E-state index is 12.4. The number of para-hydroxylation sites is 1. The number of hydrogen-bond acceptors (Lipinski definition) is 10. The minimum atomic E-state index is -0.509. The van der Waals surface area contributed by atoms with Gasteiger partial charge in [0.15, 0.2) is 0 Å². The van der Waals surface area contributed by atoms with E-state index < -0.39 is 5.60 Å². The molecular formula is C29H38N8O3. The summed E-state index contributed by atoms with van der Waals surface area (Å²) < 4.78 is 5.49. The molecule has 212 valence electrons. The van der Waals surface area contributed by atoms with Gasteiger partial charge >= 0.3 is 6.09 Å². The van der Waals surface area contributed by atoms with E-state index in [0.717, 1.165) is 42.9 Å². The number of aromatic hydroxyl groups is 1. The highest BCUT2D eigenvalue weighted by Gasteiger charge is 2.33. The standard InChI is InChI=1S/C29H38N8O3/c1-29(2,3)40-28(39)35-10-8-19(9-11-35)20-15-33-27(34-16-20)36-12-13-37-21(18-36)17-32-26(31)24(37)14-23(30)22-6-4-5-7-25(22)38/h4-8,14-16,21,32,38H,9-13,17-18,30-31H2,1-3H3/b23-14-. The zero-order valence-corrected chi connectivity index (χ0v) is 23.3. The van der Waals surface area contributed by atoms with Crippen LogP contribution >= 0.6 is 0 Å². The molecule has 11 nitrogen and oxygen atoms in total. The van der Waals surface area contributed by atoms with Gasteiger partial charge in [0.05, 0.1) is 11.7 Å². The van der Waals surface area contributed by atoms with Gasteiger partial charge in [-0.15, -0.1) is 0 Å². The molecule has 0 radical (unpaired) electrons. The number of anilines is 1. The molecule has 6 N–H and O–H groups in total. The van der Waals surface area contributed by atoms with Crippen LogP contribution in [-0.2, 0) is 4.74 Å². The SMILES string of the molecule is CC(C)(C)OC(=O)N1CC=C(c2cnc(N3CCN4C(/C=C(\N)c5ccccc5O)=C(N)NCC4C3)nc2)CC1. The van der Waals surface area contributed by atoms with Gasteiger partial charge in [0.25, 0.3) is 0 Å². The highest BCUT2D eigenvalue weighted by atomic mass is 16.6. The van der Waals surface area contributed by atoms with Crippen LogP contribution in [0, 0.1) is 0 Å². The second-order valence-electron chi connectivity index (χ2n) is 11.3. The topological polar surface area (TPSA) is 146 Å². The predicted molar refractivity (Wildman–Crippen MR) is 155 cm³/mol. The van der Waals surface area contributed by atoms with E-state index in [2.05, 4.69) is 25.1 Å². The summed E-state index contributed by atoms with van der Waals surface area (Å²) in [6.45, 7) is 9.58. The van der Waals surface area contributed by atoms with Crippen LogP contribution in [0.2, 0.25) is 0 Å². The molecule has 3 aliphatic heterocycles. The molecule has 11 heteroatoms. The molecule has 1 unspecified atom stereocenters. The molecule has 1 amide bonds. The number of phenolic OH excluding ortho intramolecular Hbond substituents is 1. The minimum absolute atomic E-state index is 0.130. The molecule has 0 spiro atoms. The zero-order valence-electron chi connectivity index (χ0n) is 23.3. The fraction of sp³-hybridized carbons (Fsp3) is 0.414. The van der Waals surface area contributed by atoms with Gasteiger partial charge in [0.2, 0.25) is 5.95 Å². The summed E-state index contributed by atoms with van der Waals surface area (Å²) in [6.07, 6.45) is 8.03. The second-order valence-corrected chi connectivity index (χ2v) is 11.3. The van der Waals surface area contributed by atoms with Gasteiger partial charge in [0, 0.05) is 68.5 Å². The minimum Gasteiger partial charge on any atom is -0.507 e. The van der Waals surface area contributed by atoms with Gasteiger partial charge in [-0.3, -0.25) is 0 Å². The first kappa shape index (κ1) is 27.2. The average molecular weight is 547 g/mol. The van der Waals surface area contributed by atoms with Crippen LogP contribution < -0.4 is 21.7 Å². The molecule has 1 saturated heterocycles. The van der Waals surface area contributed by atoms with Crippen molar-refractivity contribution in [3.05, 3.63) is 71.5 Å². The van der Waals surface area contributed by atoms with Crippen LogP contribution in [0.1, 0.15) is 38.3 Å². The lowest BCUT2D eigenvalue weighted by Crippen LogP contribution is -2.59. The van der Waals surface area contributed by atoms with Gasteiger partial charge < -0.3 is 41.3 Å². The molecule has 1 aromatic heterocycles. The van der Waals surface area contributed by atoms with Crippen LogP contribution in [-0.4, -0.2) is 81.9 Å². The highest BCUT2D eigenvalue weighted by Crippen LogP contribution is 2.28. The number of benzene rings is 1. The molecule has 40 heavy (non-hydrogen) atoms. The van der Waals surface area contributed by atoms with Crippen molar-refractivity contribution in [2.75, 3.05) is 44.2 Å². The number of rotatable bonds is 4. The molecule has 1 aromatic carbocycles. The van der Waals surface area contributed by atoms with Gasteiger partial charge in [-0.25, -0.2) is 14.8 Å². The van der Waals surface area contributed by atoms with Gasteiger partial charge in [-0.05, 0) is 51.0 Å². The van der Waals surface area contributed by atoms with E-state index in [4.69, 9.17) is 16.2 Å². The van der Waals surface area contributed by atoms with Crippen LogP contribution in [0.5, 0.6) is 5.75 Å². The summed E-state index contributed by atoms with van der Waals surface area (Å²) in [5.74, 6) is 1.38. The number of carbonyl (C=O) groups is 1. The van der Waals surface area contributed by atoms with Crippen molar-refractivity contribution in [1.29, 1.82) is 0 Å². The van der Waals surface area contributed by atoms with Crippen molar-refractivity contribution in [1.82, 2.24) is 25.1 Å². The number of nitrogens with zero attached hydrogens (tertiary/aromatic N) is 5. The quantitative estimate of drug-likeness (QED) is 0.451. The monoisotopic (exact) mass is 546 g/mol. The summed E-state index contributed by atoms with van der Waals surface area (Å²) in [7, 11) is 0. The third kappa shape index (κ3) is 5.93. The normalized spacial score (nSPS) is 20.1. The van der Waals surface area contributed by atoms with Crippen LogP contribution in [0.25, 0.3) is 11.3 Å². The number of piperazine rings is 1. The second kappa shape index (κ2) is 11.0. The van der Waals surface area contributed by atoms with Crippen LogP contribution in [0.4, 0.5) is 10.7 Å². The smallest absolute Gasteiger partial charge is 0.410 e. The van der Waals surface area contributed by atoms with E-state index in [1.54, 1.807) is 23.1 Å². The Balaban J connectivity index is 1.23. The Kier molecular flexibility index (Phi) is 7.46. The molecule has 1 atom stereocenters. The Labute approximate surface area is 234 Å². The summed E-state index contributed by atoms with van der Waals surface area (Å²) >= 11 is 0. The molecule has 0 aliphatic carbocycles. The van der Waals surface area contributed by atoms with Gasteiger partial charge in [-0.2, -0.15) is 0 Å². The Morgan fingerprint density at radius 2 is 1.93 bits per heavy atom. The number of ether oxygens (including phenoxy) is 1. The van der Waals surface area contributed by atoms with Crippen molar-refractivity contribution >= 4 is 23.3 Å². The summed E-state index contributed by atoms with van der Waals surface area (Å²) in [4.78, 5) is 27.9. The van der Waals surface area contributed by atoms with Crippen molar-refractivity contribution in [2.24, 2.45) is 11.5 Å². The van der Waals surface area contributed by atoms with Gasteiger partial charge in [-0.1, -0.05) is 18.2 Å². The highest BCUT2D eigenvalue weighted by molar-refractivity contribution is 5.72. The Hall–Kier alpha value is -4.41. The maximum Gasteiger partial charge on any atom is 0.410 e. The maximum atomic E-state index is 12.4. The molecule has 2 aromatic rings. The largest absolute Gasteiger partial charge is 0.507 e. The molecule has 3 aliphatic rings. The number of allylic oxidation sites excluding steroid dienone is 1. The van der Waals surface area contributed by atoms with Gasteiger partial charge in [0.1, 0.15) is 17.2 Å². The van der Waals surface area contributed by atoms with Crippen molar-refractivity contribution in [3.63, 3.8) is 0 Å². The summed E-state index contributed by atoms with van der Waals surface area (Å²) in [5, 5.41) is 13.5. The number of fused-ring (bicyclic) bond motifs is 1. The van der Waals surface area contributed by atoms with Crippen molar-refractivity contribution < 1.29 is 14.6 Å². The zero-order chi connectivity index (χ0) is 28.4. The summed E-state index contributed by atoms with van der Waals surface area (Å²) in [5.41, 5.74) is 16.1. The van der Waals surface area contributed by atoms with E-state index in [-0.39, 0.29) is 17.9 Å². The fourth-order valence-electron chi connectivity index (χ4n) is 5.18. The molecule has 0 bridgehead atoms. The third-order valence-electron chi connectivity index (χ3n) is 7.26. The fourth-order valence-corrected chi connectivity index (χ4v) is 5.18. The Bertz CT molecular complexity index is 1350. The number of aromatic nitrogens is 2. The number of nitrogens with one attached hydrogen (secondary N) is 1. The Morgan fingerprint density at radius 3 is 2.60 bits per heavy atom. The number of hydrogen-bond donors (Lipinski definition) is 4.